The lowest BCUT2D eigenvalue weighted by Gasteiger charge is -2.30. The van der Waals surface area contributed by atoms with Gasteiger partial charge in [-0.25, -0.2) is 8.78 Å². The summed E-state index contributed by atoms with van der Waals surface area (Å²) in [6, 6.07) is 14.3. The van der Waals surface area contributed by atoms with E-state index in [4.69, 9.17) is 14.2 Å². The molecule has 7 heteroatoms. The number of rotatable bonds is 8. The van der Waals surface area contributed by atoms with Crippen molar-refractivity contribution in [2.24, 2.45) is 0 Å². The van der Waals surface area contributed by atoms with Gasteiger partial charge in [0.2, 0.25) is 0 Å². The Balaban J connectivity index is 1.25. The van der Waals surface area contributed by atoms with Crippen molar-refractivity contribution in [1.82, 2.24) is 10.3 Å². The molecule has 0 amide bonds. The number of aryl methyl sites for hydroxylation is 1. The molecule has 0 aliphatic carbocycles. The van der Waals surface area contributed by atoms with Crippen molar-refractivity contribution in [3.63, 3.8) is 0 Å². The third-order valence-corrected chi connectivity index (χ3v) is 5.48. The van der Waals surface area contributed by atoms with Crippen LogP contribution >= 0.6 is 0 Å². The maximum absolute atomic E-state index is 12.6. The largest absolute Gasteiger partial charge is 0.497 e. The highest BCUT2D eigenvalue weighted by Crippen LogP contribution is 2.24. The Morgan fingerprint density at radius 2 is 1.87 bits per heavy atom. The number of aromatic nitrogens is 1. The number of hydrogen-bond donors (Lipinski definition) is 1. The smallest absolute Gasteiger partial charge is 0.263 e. The van der Waals surface area contributed by atoms with Crippen molar-refractivity contribution in [3.8, 4) is 5.75 Å². The average molecular weight is 428 g/mol. The molecular formula is C24H26F2N2O3. The molecule has 1 aliphatic heterocycles. The summed E-state index contributed by atoms with van der Waals surface area (Å²) >= 11 is 0. The highest BCUT2D eigenvalue weighted by molar-refractivity contribution is 5.83. The monoisotopic (exact) mass is 428 g/mol. The minimum atomic E-state index is -2.44. The van der Waals surface area contributed by atoms with Crippen LogP contribution in [0.2, 0.25) is 0 Å². The van der Waals surface area contributed by atoms with Crippen LogP contribution in [0, 0.1) is 0 Å². The van der Waals surface area contributed by atoms with Crippen LogP contribution in [0.1, 0.15) is 29.5 Å². The molecule has 0 unspecified atom stereocenters. The summed E-state index contributed by atoms with van der Waals surface area (Å²) in [6.07, 6.45) is 0.688. The summed E-state index contributed by atoms with van der Waals surface area (Å²) in [7, 11) is 1.66. The van der Waals surface area contributed by atoms with Gasteiger partial charge in [0.1, 0.15) is 5.75 Å². The van der Waals surface area contributed by atoms with Gasteiger partial charge in [-0.3, -0.25) is 4.98 Å². The van der Waals surface area contributed by atoms with E-state index in [1.807, 2.05) is 30.5 Å². The van der Waals surface area contributed by atoms with E-state index >= 15 is 0 Å². The molecule has 1 aliphatic rings. The lowest BCUT2D eigenvalue weighted by Crippen LogP contribution is -2.44. The molecule has 0 saturated carbocycles. The Morgan fingerprint density at radius 1 is 1.10 bits per heavy atom. The van der Waals surface area contributed by atoms with Gasteiger partial charge in [-0.1, -0.05) is 24.3 Å². The fourth-order valence-electron chi connectivity index (χ4n) is 3.67. The standard InChI is InChI=1S/C24H26F2N2O3/c1-29-20-7-8-22-21(12-20)17(10-11-27-22)6-9-23-30-14-19(15-31-23)28-13-16-2-4-18(5-3-16)24(25)26/h2-5,7-8,10-12,19,23-24,28H,6,9,13-15H2,1H3. The SMILES string of the molecule is COc1ccc2nccc(CCC3OCC(NCc4ccc(C(F)F)cc4)CO3)c2c1. The van der Waals surface area contributed by atoms with Crippen molar-refractivity contribution >= 4 is 10.9 Å². The lowest BCUT2D eigenvalue weighted by atomic mass is 10.0. The summed E-state index contributed by atoms with van der Waals surface area (Å²) in [4.78, 5) is 4.42. The maximum Gasteiger partial charge on any atom is 0.263 e. The molecule has 1 N–H and O–H groups in total. The van der Waals surface area contributed by atoms with E-state index in [0.717, 1.165) is 35.1 Å². The minimum Gasteiger partial charge on any atom is -0.497 e. The van der Waals surface area contributed by atoms with E-state index in [-0.39, 0.29) is 17.9 Å². The zero-order chi connectivity index (χ0) is 21.6. The van der Waals surface area contributed by atoms with Crippen LogP contribution in [0.4, 0.5) is 8.78 Å². The van der Waals surface area contributed by atoms with E-state index in [9.17, 15) is 8.78 Å². The zero-order valence-electron chi connectivity index (χ0n) is 17.4. The van der Waals surface area contributed by atoms with Gasteiger partial charge >= 0.3 is 0 Å². The number of fused-ring (bicyclic) bond motifs is 1. The minimum absolute atomic E-state index is 0.0383. The van der Waals surface area contributed by atoms with Crippen molar-refractivity contribution in [2.45, 2.75) is 38.1 Å². The van der Waals surface area contributed by atoms with Crippen LogP contribution in [-0.2, 0) is 22.4 Å². The second kappa shape index (κ2) is 10.1. The summed E-state index contributed by atoms with van der Waals surface area (Å²) < 4.78 is 42.4. The summed E-state index contributed by atoms with van der Waals surface area (Å²) in [5.74, 6) is 0.810. The maximum atomic E-state index is 12.6. The molecule has 1 aromatic heterocycles. The molecule has 4 rings (SSSR count). The fourth-order valence-corrected chi connectivity index (χ4v) is 3.67. The van der Waals surface area contributed by atoms with Crippen LogP contribution in [0.25, 0.3) is 10.9 Å². The van der Waals surface area contributed by atoms with E-state index < -0.39 is 6.43 Å². The second-order valence-corrected chi connectivity index (χ2v) is 7.61. The molecule has 5 nitrogen and oxygen atoms in total. The van der Waals surface area contributed by atoms with Crippen molar-refractivity contribution in [1.29, 1.82) is 0 Å². The Morgan fingerprint density at radius 3 is 2.58 bits per heavy atom. The van der Waals surface area contributed by atoms with Gasteiger partial charge in [-0.15, -0.1) is 0 Å². The number of methoxy groups -OCH3 is 1. The number of nitrogens with zero attached hydrogens (tertiary/aromatic N) is 1. The molecule has 2 aromatic carbocycles. The molecule has 1 saturated heterocycles. The van der Waals surface area contributed by atoms with Crippen LogP contribution in [-0.4, -0.2) is 37.6 Å². The van der Waals surface area contributed by atoms with Crippen LogP contribution < -0.4 is 10.1 Å². The van der Waals surface area contributed by atoms with E-state index in [2.05, 4.69) is 10.3 Å². The van der Waals surface area contributed by atoms with Gasteiger partial charge < -0.3 is 19.5 Å². The van der Waals surface area contributed by atoms with Gasteiger partial charge in [0.05, 0.1) is 31.9 Å². The highest BCUT2D eigenvalue weighted by Gasteiger charge is 2.22. The number of pyridine rings is 1. The summed E-state index contributed by atoms with van der Waals surface area (Å²) in [6.45, 7) is 1.67. The number of hydrogen-bond acceptors (Lipinski definition) is 5. The van der Waals surface area contributed by atoms with Crippen molar-refractivity contribution in [2.75, 3.05) is 20.3 Å². The molecule has 0 radical (unpaired) electrons. The first-order valence-corrected chi connectivity index (χ1v) is 10.4. The first kappa shape index (κ1) is 21.6. The molecule has 3 aromatic rings. The van der Waals surface area contributed by atoms with Crippen molar-refractivity contribution < 1.29 is 23.0 Å². The average Bonchev–Trinajstić information content (AvgIpc) is 2.82. The van der Waals surface area contributed by atoms with Crippen molar-refractivity contribution in [3.05, 3.63) is 71.4 Å². The zero-order valence-corrected chi connectivity index (χ0v) is 17.4. The van der Waals surface area contributed by atoms with E-state index in [1.165, 1.54) is 17.7 Å². The number of ether oxygens (including phenoxy) is 3. The van der Waals surface area contributed by atoms with Crippen LogP contribution in [0.3, 0.4) is 0 Å². The summed E-state index contributed by atoms with van der Waals surface area (Å²) in [5.41, 5.74) is 3.11. The molecule has 0 spiro atoms. The first-order chi connectivity index (χ1) is 15.1. The topological polar surface area (TPSA) is 52.6 Å². The van der Waals surface area contributed by atoms with E-state index in [1.54, 1.807) is 19.2 Å². The fraction of sp³-hybridized carbons (Fsp3) is 0.375. The van der Waals surface area contributed by atoms with Crippen LogP contribution in [0.5, 0.6) is 5.75 Å². The molecule has 2 heterocycles. The van der Waals surface area contributed by atoms with Gasteiger partial charge in [-0.05, 0) is 41.8 Å². The molecule has 0 bridgehead atoms. The third-order valence-electron chi connectivity index (χ3n) is 5.48. The Labute approximate surface area is 180 Å². The predicted octanol–water partition coefficient (Wildman–Crippen LogP) is 4.64. The molecule has 1 fully saturated rings. The number of nitrogens with one attached hydrogen (secondary N) is 1. The van der Waals surface area contributed by atoms with Gasteiger partial charge in [0, 0.05) is 30.1 Å². The second-order valence-electron chi connectivity index (χ2n) is 7.61. The normalized spacial score (nSPS) is 19.1. The van der Waals surface area contributed by atoms with Crippen LogP contribution in [0.15, 0.2) is 54.7 Å². The molecule has 164 valence electrons. The number of benzene rings is 2. The highest BCUT2D eigenvalue weighted by atomic mass is 19.3. The third kappa shape index (κ3) is 5.55. The number of alkyl halides is 2. The quantitative estimate of drug-likeness (QED) is 0.566. The van der Waals surface area contributed by atoms with E-state index in [0.29, 0.717) is 19.8 Å². The van der Waals surface area contributed by atoms with Gasteiger partial charge in [-0.2, -0.15) is 0 Å². The Bertz CT molecular complexity index is 990. The number of halogens is 2. The molecule has 31 heavy (non-hydrogen) atoms. The molecule has 0 atom stereocenters. The predicted molar refractivity (Wildman–Crippen MR) is 114 cm³/mol. The lowest BCUT2D eigenvalue weighted by molar-refractivity contribution is -0.192. The summed E-state index contributed by atoms with van der Waals surface area (Å²) in [5, 5.41) is 4.44. The first-order valence-electron chi connectivity index (χ1n) is 10.4. The Hall–Kier alpha value is -2.61. The Kier molecular flexibility index (Phi) is 7.06. The van der Waals surface area contributed by atoms with Gasteiger partial charge in [0.25, 0.3) is 6.43 Å². The molecular weight excluding hydrogens is 402 g/mol. The van der Waals surface area contributed by atoms with Gasteiger partial charge in [0.15, 0.2) is 6.29 Å².